The third-order valence-corrected chi connectivity index (χ3v) is 3.07. The first-order chi connectivity index (χ1) is 6.50. The number of benzene rings is 1. The topological polar surface area (TPSA) is 69.1 Å². The first kappa shape index (κ1) is 10.9. The van der Waals surface area contributed by atoms with Gasteiger partial charge in [-0.05, 0) is 31.5 Å². The number of nitrogens with two attached hydrogens (primary N) is 2. The second-order valence-corrected chi connectivity index (χ2v) is 4.59. The molecule has 1 rings (SSSR count). The fourth-order valence-corrected chi connectivity index (χ4v) is 1.95. The van der Waals surface area contributed by atoms with Gasteiger partial charge in [0.2, 0.25) is 5.91 Å². The molecule has 0 fully saturated rings. The van der Waals surface area contributed by atoms with Gasteiger partial charge in [0.1, 0.15) is 0 Å². The minimum absolute atomic E-state index is 0.251. The van der Waals surface area contributed by atoms with Gasteiger partial charge in [-0.1, -0.05) is 6.07 Å². The molecule has 4 N–H and O–H groups in total. The maximum atomic E-state index is 10.9. The van der Waals surface area contributed by atoms with E-state index in [1.165, 1.54) is 11.8 Å². The van der Waals surface area contributed by atoms with Gasteiger partial charge in [0, 0.05) is 10.6 Å². The Morgan fingerprint density at radius 1 is 1.50 bits per heavy atom. The highest BCUT2D eigenvalue weighted by molar-refractivity contribution is 8.00. The molecule has 3 nitrogen and oxygen atoms in total. The molecular formula is C10H14N2OS. The van der Waals surface area contributed by atoms with Crippen LogP contribution in [0.4, 0.5) is 5.69 Å². The minimum atomic E-state index is -0.323. The second-order valence-electron chi connectivity index (χ2n) is 3.20. The number of primary amides is 1. The summed E-state index contributed by atoms with van der Waals surface area (Å²) in [5.41, 5.74) is 12.7. The molecule has 0 aliphatic rings. The highest BCUT2D eigenvalue weighted by atomic mass is 32.2. The van der Waals surface area contributed by atoms with Gasteiger partial charge >= 0.3 is 0 Å². The van der Waals surface area contributed by atoms with Crippen LogP contribution in [0.15, 0.2) is 23.1 Å². The van der Waals surface area contributed by atoms with Gasteiger partial charge in [-0.3, -0.25) is 4.79 Å². The number of nitrogen functional groups attached to an aromatic ring is 1. The maximum Gasteiger partial charge on any atom is 0.230 e. The quantitative estimate of drug-likeness (QED) is 0.587. The van der Waals surface area contributed by atoms with Crippen molar-refractivity contribution in [2.45, 2.75) is 24.0 Å². The predicted octanol–water partition coefficient (Wildman–Crippen LogP) is 1.54. The molecule has 0 aliphatic carbocycles. The molecule has 1 unspecified atom stereocenters. The molecule has 0 spiro atoms. The Morgan fingerprint density at radius 3 is 2.71 bits per heavy atom. The van der Waals surface area contributed by atoms with E-state index >= 15 is 0 Å². The Balaban J connectivity index is 2.85. The lowest BCUT2D eigenvalue weighted by Gasteiger charge is -2.09. The lowest BCUT2D eigenvalue weighted by molar-refractivity contribution is -0.117. The molecule has 0 saturated heterocycles. The van der Waals surface area contributed by atoms with E-state index in [0.717, 1.165) is 10.5 Å². The third kappa shape index (κ3) is 2.67. The van der Waals surface area contributed by atoms with Gasteiger partial charge < -0.3 is 11.5 Å². The van der Waals surface area contributed by atoms with Crippen molar-refractivity contribution in [1.29, 1.82) is 0 Å². The van der Waals surface area contributed by atoms with Crippen molar-refractivity contribution in [3.05, 3.63) is 23.8 Å². The number of thioether (sulfide) groups is 1. The fraction of sp³-hybridized carbons (Fsp3) is 0.300. The van der Waals surface area contributed by atoms with Gasteiger partial charge in [0.15, 0.2) is 0 Å². The summed E-state index contributed by atoms with van der Waals surface area (Å²) in [6.45, 7) is 3.76. The van der Waals surface area contributed by atoms with Crippen LogP contribution in [0.1, 0.15) is 12.5 Å². The molecule has 0 saturated carbocycles. The molecule has 1 atom stereocenters. The number of amides is 1. The van der Waals surface area contributed by atoms with E-state index in [2.05, 4.69) is 0 Å². The molecule has 4 heteroatoms. The number of anilines is 1. The van der Waals surface area contributed by atoms with Crippen molar-refractivity contribution in [2.75, 3.05) is 5.73 Å². The van der Waals surface area contributed by atoms with Gasteiger partial charge in [-0.25, -0.2) is 0 Å². The first-order valence-corrected chi connectivity index (χ1v) is 5.21. The average molecular weight is 210 g/mol. The van der Waals surface area contributed by atoms with Gasteiger partial charge in [0.05, 0.1) is 5.25 Å². The molecule has 1 aromatic carbocycles. The summed E-state index contributed by atoms with van der Waals surface area (Å²) in [5.74, 6) is -0.323. The van der Waals surface area contributed by atoms with Crippen LogP contribution >= 0.6 is 11.8 Å². The van der Waals surface area contributed by atoms with Crippen molar-refractivity contribution in [3.63, 3.8) is 0 Å². The average Bonchev–Trinajstić information content (AvgIpc) is 2.11. The van der Waals surface area contributed by atoms with Gasteiger partial charge in [-0.15, -0.1) is 11.8 Å². The zero-order chi connectivity index (χ0) is 10.7. The monoisotopic (exact) mass is 210 g/mol. The maximum absolute atomic E-state index is 10.9. The van der Waals surface area contributed by atoms with E-state index in [1.807, 2.05) is 25.1 Å². The van der Waals surface area contributed by atoms with E-state index < -0.39 is 0 Å². The Labute approximate surface area is 87.9 Å². The zero-order valence-corrected chi connectivity index (χ0v) is 9.10. The third-order valence-electron chi connectivity index (χ3n) is 1.87. The van der Waals surface area contributed by atoms with Crippen LogP contribution < -0.4 is 11.5 Å². The summed E-state index contributed by atoms with van der Waals surface area (Å²) in [7, 11) is 0. The van der Waals surface area contributed by atoms with Crippen molar-refractivity contribution in [3.8, 4) is 0 Å². The second kappa shape index (κ2) is 4.37. The summed E-state index contributed by atoms with van der Waals surface area (Å²) in [6, 6.07) is 5.74. The summed E-state index contributed by atoms with van der Waals surface area (Å²) in [4.78, 5) is 11.8. The Hall–Kier alpha value is -1.16. The molecule has 14 heavy (non-hydrogen) atoms. The molecule has 0 radical (unpaired) electrons. The van der Waals surface area contributed by atoms with Crippen LogP contribution in [0, 0.1) is 6.92 Å². The van der Waals surface area contributed by atoms with E-state index in [0.29, 0.717) is 5.69 Å². The highest BCUT2D eigenvalue weighted by Gasteiger charge is 2.11. The van der Waals surface area contributed by atoms with Crippen LogP contribution in [0.3, 0.4) is 0 Å². The lowest BCUT2D eigenvalue weighted by Crippen LogP contribution is -2.22. The molecule has 0 bridgehead atoms. The molecule has 0 aromatic heterocycles. The van der Waals surface area contributed by atoms with E-state index in [4.69, 9.17) is 11.5 Å². The molecule has 0 aliphatic heterocycles. The first-order valence-electron chi connectivity index (χ1n) is 4.33. The Morgan fingerprint density at radius 2 is 2.14 bits per heavy atom. The fourth-order valence-electron chi connectivity index (χ4n) is 0.992. The minimum Gasteiger partial charge on any atom is -0.398 e. The largest absolute Gasteiger partial charge is 0.398 e. The van der Waals surface area contributed by atoms with E-state index in [9.17, 15) is 4.79 Å². The number of hydrogen-bond donors (Lipinski definition) is 2. The van der Waals surface area contributed by atoms with Gasteiger partial charge in [-0.2, -0.15) is 0 Å². The number of aryl methyl sites for hydroxylation is 1. The molecule has 0 heterocycles. The number of carbonyl (C=O) groups is 1. The predicted molar refractivity (Wildman–Crippen MR) is 60.1 cm³/mol. The zero-order valence-electron chi connectivity index (χ0n) is 8.28. The van der Waals surface area contributed by atoms with E-state index in [1.54, 1.807) is 6.92 Å². The summed E-state index contributed by atoms with van der Waals surface area (Å²) < 4.78 is 0. The van der Waals surface area contributed by atoms with Crippen LogP contribution in [0.2, 0.25) is 0 Å². The SMILES string of the molecule is Cc1ccc(N)c(SC(C)C(N)=O)c1. The molecule has 76 valence electrons. The van der Waals surface area contributed by atoms with Crippen LogP contribution in [-0.4, -0.2) is 11.2 Å². The summed E-state index contributed by atoms with van der Waals surface area (Å²) in [6.07, 6.45) is 0. The van der Waals surface area contributed by atoms with Crippen molar-refractivity contribution >= 4 is 23.4 Å². The molecular weight excluding hydrogens is 196 g/mol. The Kier molecular flexibility index (Phi) is 3.41. The summed E-state index contributed by atoms with van der Waals surface area (Å²) >= 11 is 1.39. The molecule has 1 amide bonds. The van der Waals surface area contributed by atoms with Crippen LogP contribution in [0.5, 0.6) is 0 Å². The number of hydrogen-bond acceptors (Lipinski definition) is 3. The number of carbonyl (C=O) groups excluding carboxylic acids is 1. The summed E-state index contributed by atoms with van der Waals surface area (Å²) in [5, 5.41) is -0.251. The molecule has 1 aromatic rings. The normalized spacial score (nSPS) is 12.4. The lowest BCUT2D eigenvalue weighted by atomic mass is 10.2. The van der Waals surface area contributed by atoms with Crippen LogP contribution in [0.25, 0.3) is 0 Å². The van der Waals surface area contributed by atoms with Crippen molar-refractivity contribution < 1.29 is 4.79 Å². The van der Waals surface area contributed by atoms with Crippen LogP contribution in [-0.2, 0) is 4.79 Å². The highest BCUT2D eigenvalue weighted by Crippen LogP contribution is 2.29. The number of rotatable bonds is 3. The Bertz CT molecular complexity index is 352. The standard InChI is InChI=1S/C10H14N2OS/c1-6-3-4-8(11)9(5-6)14-7(2)10(12)13/h3-5,7H,11H2,1-2H3,(H2,12,13). The smallest absolute Gasteiger partial charge is 0.230 e. The van der Waals surface area contributed by atoms with Gasteiger partial charge in [0.25, 0.3) is 0 Å². The van der Waals surface area contributed by atoms with Crippen molar-refractivity contribution in [1.82, 2.24) is 0 Å². The van der Waals surface area contributed by atoms with E-state index in [-0.39, 0.29) is 11.2 Å². The van der Waals surface area contributed by atoms with Crippen molar-refractivity contribution in [2.24, 2.45) is 5.73 Å².